The zero-order valence-electron chi connectivity index (χ0n) is 13.9. The van der Waals surface area contributed by atoms with Gasteiger partial charge in [-0.2, -0.15) is 0 Å². The average Bonchev–Trinajstić information content (AvgIpc) is 2.63. The van der Waals surface area contributed by atoms with Crippen molar-refractivity contribution in [1.82, 2.24) is 0 Å². The Balaban J connectivity index is 1.51. The maximum Gasteiger partial charge on any atom is 0.227 e. The monoisotopic (exact) mass is 323 g/mol. The van der Waals surface area contributed by atoms with Crippen molar-refractivity contribution in [2.75, 3.05) is 16.4 Å². The highest BCUT2D eigenvalue weighted by Gasteiger charge is 2.20. The summed E-state index contributed by atoms with van der Waals surface area (Å²) in [4.78, 5) is 12.3. The van der Waals surface area contributed by atoms with Crippen LogP contribution < -0.4 is 16.4 Å². The number of carbonyl (C=O) groups excluding carboxylic acids is 1. The van der Waals surface area contributed by atoms with E-state index in [9.17, 15) is 4.79 Å². The van der Waals surface area contributed by atoms with Crippen LogP contribution in [-0.2, 0) is 11.3 Å². The number of rotatable bonds is 5. The van der Waals surface area contributed by atoms with Crippen LogP contribution in [0.15, 0.2) is 48.5 Å². The summed E-state index contributed by atoms with van der Waals surface area (Å²) in [5.41, 5.74) is 9.54. The van der Waals surface area contributed by atoms with Gasteiger partial charge in [-0.1, -0.05) is 31.4 Å². The highest BCUT2D eigenvalue weighted by atomic mass is 16.1. The molecule has 0 spiro atoms. The molecule has 2 aromatic rings. The summed E-state index contributed by atoms with van der Waals surface area (Å²) < 4.78 is 0. The normalized spacial score (nSPS) is 15.0. The molecule has 4 N–H and O–H groups in total. The van der Waals surface area contributed by atoms with Gasteiger partial charge in [0.1, 0.15) is 0 Å². The summed E-state index contributed by atoms with van der Waals surface area (Å²) in [6, 6.07) is 15.7. The first-order valence-corrected chi connectivity index (χ1v) is 8.70. The molecule has 0 aliphatic heterocycles. The molecule has 126 valence electrons. The van der Waals surface area contributed by atoms with Gasteiger partial charge in [-0.05, 0) is 54.8 Å². The molecular weight excluding hydrogens is 298 g/mol. The second-order valence-corrected chi connectivity index (χ2v) is 6.50. The fourth-order valence-corrected chi connectivity index (χ4v) is 3.12. The molecule has 0 atom stereocenters. The van der Waals surface area contributed by atoms with Crippen LogP contribution >= 0.6 is 0 Å². The lowest BCUT2D eigenvalue weighted by molar-refractivity contribution is -0.120. The lowest BCUT2D eigenvalue weighted by Gasteiger charge is -2.20. The Morgan fingerprint density at radius 3 is 2.21 bits per heavy atom. The summed E-state index contributed by atoms with van der Waals surface area (Å²) in [5.74, 6) is 0.347. The largest absolute Gasteiger partial charge is 0.399 e. The average molecular weight is 323 g/mol. The molecule has 4 nitrogen and oxygen atoms in total. The van der Waals surface area contributed by atoms with E-state index >= 15 is 0 Å². The van der Waals surface area contributed by atoms with Crippen molar-refractivity contribution in [2.45, 2.75) is 38.6 Å². The third-order valence-corrected chi connectivity index (χ3v) is 4.60. The van der Waals surface area contributed by atoms with Crippen molar-refractivity contribution in [3.8, 4) is 0 Å². The minimum absolute atomic E-state index is 0.164. The Morgan fingerprint density at radius 2 is 1.54 bits per heavy atom. The third kappa shape index (κ3) is 4.51. The zero-order valence-corrected chi connectivity index (χ0v) is 13.9. The molecule has 0 aromatic heterocycles. The summed E-state index contributed by atoms with van der Waals surface area (Å²) in [6.45, 7) is 0.744. The molecule has 24 heavy (non-hydrogen) atoms. The molecule has 2 aromatic carbocycles. The van der Waals surface area contributed by atoms with Gasteiger partial charge in [0.05, 0.1) is 0 Å². The minimum atomic E-state index is 0.164. The molecule has 0 bridgehead atoms. The van der Waals surface area contributed by atoms with E-state index in [1.165, 1.54) is 24.8 Å². The summed E-state index contributed by atoms with van der Waals surface area (Å²) in [5, 5.41) is 6.41. The van der Waals surface area contributed by atoms with Gasteiger partial charge in [0, 0.05) is 29.5 Å². The quantitative estimate of drug-likeness (QED) is 0.714. The van der Waals surface area contributed by atoms with Crippen molar-refractivity contribution in [1.29, 1.82) is 0 Å². The SMILES string of the molecule is Nc1ccc(CNc2ccc(NC(=O)C3CCCCC3)cc2)cc1. The Hall–Kier alpha value is -2.49. The van der Waals surface area contributed by atoms with Gasteiger partial charge < -0.3 is 16.4 Å². The van der Waals surface area contributed by atoms with E-state index in [0.29, 0.717) is 0 Å². The van der Waals surface area contributed by atoms with E-state index in [4.69, 9.17) is 5.73 Å². The van der Waals surface area contributed by atoms with Crippen molar-refractivity contribution in [3.63, 3.8) is 0 Å². The molecule has 1 saturated carbocycles. The zero-order chi connectivity index (χ0) is 16.8. The third-order valence-electron chi connectivity index (χ3n) is 4.60. The minimum Gasteiger partial charge on any atom is -0.399 e. The molecule has 4 heteroatoms. The molecule has 0 radical (unpaired) electrons. The number of benzene rings is 2. The van der Waals surface area contributed by atoms with Crippen LogP contribution in [0.3, 0.4) is 0 Å². The van der Waals surface area contributed by atoms with Crippen LogP contribution in [0.5, 0.6) is 0 Å². The maximum atomic E-state index is 12.3. The number of anilines is 3. The Morgan fingerprint density at radius 1 is 0.917 bits per heavy atom. The van der Waals surface area contributed by atoms with Gasteiger partial charge in [0.25, 0.3) is 0 Å². The van der Waals surface area contributed by atoms with Gasteiger partial charge in [-0.3, -0.25) is 4.79 Å². The van der Waals surface area contributed by atoms with Crippen molar-refractivity contribution in [3.05, 3.63) is 54.1 Å². The Kier molecular flexibility index (Phi) is 5.36. The predicted molar refractivity (Wildman–Crippen MR) is 99.8 cm³/mol. The fraction of sp³-hybridized carbons (Fsp3) is 0.350. The molecule has 3 rings (SSSR count). The number of nitrogens with two attached hydrogens (primary N) is 1. The number of hydrogen-bond donors (Lipinski definition) is 3. The van der Waals surface area contributed by atoms with Gasteiger partial charge in [0.15, 0.2) is 0 Å². The Labute approximate surface area is 143 Å². The molecule has 1 fully saturated rings. The maximum absolute atomic E-state index is 12.3. The summed E-state index contributed by atoms with van der Waals surface area (Å²) in [6.07, 6.45) is 5.65. The van der Waals surface area contributed by atoms with E-state index in [0.717, 1.165) is 36.4 Å². The van der Waals surface area contributed by atoms with E-state index in [1.54, 1.807) is 0 Å². The van der Waals surface area contributed by atoms with E-state index < -0.39 is 0 Å². The fourth-order valence-electron chi connectivity index (χ4n) is 3.12. The van der Waals surface area contributed by atoms with Crippen molar-refractivity contribution >= 4 is 23.0 Å². The molecule has 1 amide bonds. The first-order chi connectivity index (χ1) is 11.7. The Bertz CT molecular complexity index is 658. The van der Waals surface area contributed by atoms with E-state index in [2.05, 4.69) is 10.6 Å². The predicted octanol–water partition coefficient (Wildman–Crippen LogP) is 4.40. The number of nitrogens with one attached hydrogen (secondary N) is 2. The van der Waals surface area contributed by atoms with Crippen molar-refractivity contribution in [2.24, 2.45) is 5.92 Å². The van der Waals surface area contributed by atoms with Crippen LogP contribution in [0.4, 0.5) is 17.1 Å². The molecule has 1 aliphatic carbocycles. The smallest absolute Gasteiger partial charge is 0.227 e. The summed E-state index contributed by atoms with van der Waals surface area (Å²) >= 11 is 0. The lowest BCUT2D eigenvalue weighted by Crippen LogP contribution is -2.24. The van der Waals surface area contributed by atoms with Crippen LogP contribution in [-0.4, -0.2) is 5.91 Å². The highest BCUT2D eigenvalue weighted by molar-refractivity contribution is 5.92. The number of carbonyl (C=O) groups is 1. The first kappa shape index (κ1) is 16.4. The standard InChI is InChI=1S/C20H25N3O/c21-17-8-6-15(7-9-17)14-22-18-10-12-19(13-11-18)23-20(24)16-4-2-1-3-5-16/h6-13,16,22H,1-5,14,21H2,(H,23,24). The van der Waals surface area contributed by atoms with Crippen LogP contribution in [0.25, 0.3) is 0 Å². The van der Waals surface area contributed by atoms with E-state index in [-0.39, 0.29) is 11.8 Å². The molecule has 0 unspecified atom stereocenters. The molecular formula is C20H25N3O. The molecule has 1 aliphatic rings. The topological polar surface area (TPSA) is 67.2 Å². The van der Waals surface area contributed by atoms with Crippen LogP contribution in [0.2, 0.25) is 0 Å². The van der Waals surface area contributed by atoms with Gasteiger partial charge in [-0.25, -0.2) is 0 Å². The molecule has 0 saturated heterocycles. The van der Waals surface area contributed by atoms with E-state index in [1.807, 2.05) is 48.5 Å². The lowest BCUT2D eigenvalue weighted by atomic mass is 9.88. The number of amides is 1. The van der Waals surface area contributed by atoms with Crippen LogP contribution in [0.1, 0.15) is 37.7 Å². The van der Waals surface area contributed by atoms with Gasteiger partial charge >= 0.3 is 0 Å². The second kappa shape index (κ2) is 7.86. The molecule has 0 heterocycles. The first-order valence-electron chi connectivity index (χ1n) is 8.70. The number of nitrogen functional groups attached to an aromatic ring is 1. The summed E-state index contributed by atoms with van der Waals surface area (Å²) in [7, 11) is 0. The van der Waals surface area contributed by atoms with Gasteiger partial charge in [0.2, 0.25) is 5.91 Å². The van der Waals surface area contributed by atoms with Crippen molar-refractivity contribution < 1.29 is 4.79 Å². The number of hydrogen-bond acceptors (Lipinski definition) is 3. The van der Waals surface area contributed by atoms with Crippen LogP contribution in [0, 0.1) is 5.92 Å². The second-order valence-electron chi connectivity index (χ2n) is 6.50. The highest BCUT2D eigenvalue weighted by Crippen LogP contribution is 2.25. The van der Waals surface area contributed by atoms with Gasteiger partial charge in [-0.15, -0.1) is 0 Å².